The van der Waals surface area contributed by atoms with Crippen LogP contribution in [-0.4, -0.2) is 23.2 Å². The lowest BCUT2D eigenvalue weighted by molar-refractivity contribution is 0.102. The molecule has 1 fully saturated rings. The van der Waals surface area contributed by atoms with E-state index in [0.717, 1.165) is 37.0 Å². The summed E-state index contributed by atoms with van der Waals surface area (Å²) in [5.74, 6) is 0.455. The molecule has 3 rings (SSSR count). The summed E-state index contributed by atoms with van der Waals surface area (Å²) in [7, 11) is 0. The van der Waals surface area contributed by atoms with E-state index in [-0.39, 0.29) is 17.8 Å². The van der Waals surface area contributed by atoms with E-state index < -0.39 is 0 Å². The molecule has 0 spiro atoms. The Morgan fingerprint density at radius 3 is 2.81 bits per heavy atom. The van der Waals surface area contributed by atoms with Crippen molar-refractivity contribution in [2.45, 2.75) is 25.7 Å². The van der Waals surface area contributed by atoms with E-state index in [1.165, 1.54) is 12.5 Å². The third kappa shape index (κ3) is 3.04. The van der Waals surface area contributed by atoms with Gasteiger partial charge in [0, 0.05) is 24.6 Å². The number of aliphatic hydroxyl groups is 1. The first-order chi connectivity index (χ1) is 10.1. The van der Waals surface area contributed by atoms with Crippen LogP contribution in [0.1, 0.15) is 25.7 Å². The highest BCUT2D eigenvalue weighted by Crippen LogP contribution is 2.43. The lowest BCUT2D eigenvalue weighted by Gasteiger charge is -2.42. The summed E-state index contributed by atoms with van der Waals surface area (Å²) >= 11 is 3.18. The van der Waals surface area contributed by atoms with Crippen molar-refractivity contribution in [1.29, 1.82) is 0 Å². The molecule has 1 aliphatic rings. The van der Waals surface area contributed by atoms with Gasteiger partial charge in [-0.1, -0.05) is 6.42 Å². The van der Waals surface area contributed by atoms with Crippen molar-refractivity contribution in [2.24, 2.45) is 5.41 Å². The minimum atomic E-state index is -0.303. The third-order valence-electron chi connectivity index (χ3n) is 4.43. The number of pyridine rings is 1. The lowest BCUT2D eigenvalue weighted by atomic mass is 9.67. The van der Waals surface area contributed by atoms with Crippen molar-refractivity contribution in [2.75, 3.05) is 18.5 Å². The normalized spacial score (nSPS) is 16.7. The van der Waals surface area contributed by atoms with Gasteiger partial charge >= 0.3 is 0 Å². The first-order valence-electron chi connectivity index (χ1n) is 7.22. The molecule has 1 aliphatic carbocycles. The minimum absolute atomic E-state index is 0.205. The van der Waals surface area contributed by atoms with Crippen molar-refractivity contribution < 1.29 is 9.50 Å². The summed E-state index contributed by atoms with van der Waals surface area (Å²) in [6.07, 6.45) is 4.35. The average molecular weight is 353 g/mol. The van der Waals surface area contributed by atoms with Crippen LogP contribution >= 0.6 is 15.9 Å². The van der Waals surface area contributed by atoms with Crippen molar-refractivity contribution in [3.8, 4) is 0 Å². The SMILES string of the molecule is OCCC1(CNc2ccc3cc(Br)c(F)cc3n2)CCC1. The van der Waals surface area contributed by atoms with Crippen LogP contribution in [0.5, 0.6) is 0 Å². The van der Waals surface area contributed by atoms with Gasteiger partial charge in [-0.05, 0) is 58.8 Å². The van der Waals surface area contributed by atoms with Crippen LogP contribution in [0.25, 0.3) is 10.9 Å². The largest absolute Gasteiger partial charge is 0.396 e. The molecule has 0 aliphatic heterocycles. The number of aliphatic hydroxyl groups excluding tert-OH is 1. The number of nitrogens with one attached hydrogen (secondary N) is 1. The molecule has 1 heterocycles. The maximum Gasteiger partial charge on any atom is 0.139 e. The van der Waals surface area contributed by atoms with Crippen LogP contribution in [0.2, 0.25) is 0 Å². The molecule has 2 N–H and O–H groups in total. The van der Waals surface area contributed by atoms with Crippen molar-refractivity contribution in [3.05, 3.63) is 34.6 Å². The van der Waals surface area contributed by atoms with Crippen LogP contribution in [0.4, 0.5) is 10.2 Å². The van der Waals surface area contributed by atoms with Crippen LogP contribution < -0.4 is 5.32 Å². The summed E-state index contributed by atoms with van der Waals surface area (Å²) in [5.41, 5.74) is 0.849. The Bertz CT molecular complexity index is 658. The zero-order chi connectivity index (χ0) is 14.9. The summed E-state index contributed by atoms with van der Waals surface area (Å²) in [6, 6.07) is 7.03. The topological polar surface area (TPSA) is 45.1 Å². The second-order valence-electron chi connectivity index (χ2n) is 5.84. The second kappa shape index (κ2) is 5.89. The molecule has 0 amide bonds. The molecule has 21 heavy (non-hydrogen) atoms. The fraction of sp³-hybridized carbons (Fsp3) is 0.438. The third-order valence-corrected chi connectivity index (χ3v) is 5.04. The molecule has 2 aromatic rings. The van der Waals surface area contributed by atoms with Gasteiger partial charge in [0.05, 0.1) is 9.99 Å². The van der Waals surface area contributed by atoms with E-state index in [0.29, 0.717) is 9.99 Å². The monoisotopic (exact) mass is 352 g/mol. The number of nitrogens with zero attached hydrogens (tertiary/aromatic N) is 1. The highest BCUT2D eigenvalue weighted by atomic mass is 79.9. The molecular formula is C16H18BrFN2O. The van der Waals surface area contributed by atoms with Crippen molar-refractivity contribution >= 4 is 32.7 Å². The standard InChI is InChI=1S/C16H18BrFN2O/c17-12-8-11-2-3-15(20-14(11)9-13(12)18)19-10-16(6-7-21)4-1-5-16/h2-3,8-9,21H,1,4-7,10H2,(H,19,20). The minimum Gasteiger partial charge on any atom is -0.396 e. The number of hydrogen-bond acceptors (Lipinski definition) is 3. The Hall–Kier alpha value is -1.20. The lowest BCUT2D eigenvalue weighted by Crippen LogP contribution is -2.37. The summed E-state index contributed by atoms with van der Waals surface area (Å²) in [6.45, 7) is 1.04. The van der Waals surface area contributed by atoms with Crippen LogP contribution in [0.3, 0.4) is 0 Å². The second-order valence-corrected chi connectivity index (χ2v) is 6.69. The summed E-state index contributed by atoms with van der Waals surface area (Å²) < 4.78 is 14.0. The number of halogens is 2. The molecule has 0 bridgehead atoms. The molecule has 0 radical (unpaired) electrons. The van der Waals surface area contributed by atoms with Crippen molar-refractivity contribution in [1.82, 2.24) is 4.98 Å². The van der Waals surface area contributed by atoms with Gasteiger partial charge in [0.2, 0.25) is 0 Å². The molecule has 112 valence electrons. The number of benzene rings is 1. The Balaban J connectivity index is 1.77. The fourth-order valence-electron chi connectivity index (χ4n) is 2.92. The van der Waals surface area contributed by atoms with E-state index in [1.54, 1.807) is 6.07 Å². The van der Waals surface area contributed by atoms with E-state index in [4.69, 9.17) is 0 Å². The van der Waals surface area contributed by atoms with Gasteiger partial charge < -0.3 is 10.4 Å². The zero-order valence-electron chi connectivity index (χ0n) is 11.7. The molecule has 0 atom stereocenters. The highest BCUT2D eigenvalue weighted by molar-refractivity contribution is 9.10. The fourth-order valence-corrected chi connectivity index (χ4v) is 3.28. The molecule has 5 heteroatoms. The quantitative estimate of drug-likeness (QED) is 0.851. The number of anilines is 1. The number of hydrogen-bond donors (Lipinski definition) is 2. The van der Waals surface area contributed by atoms with Crippen molar-refractivity contribution in [3.63, 3.8) is 0 Å². The predicted molar refractivity (Wildman–Crippen MR) is 85.9 cm³/mol. The molecular weight excluding hydrogens is 335 g/mol. The molecule has 1 aromatic heterocycles. The molecule has 1 aromatic carbocycles. The van der Waals surface area contributed by atoms with E-state index in [1.807, 2.05) is 12.1 Å². The maximum atomic E-state index is 13.6. The van der Waals surface area contributed by atoms with E-state index in [2.05, 4.69) is 26.2 Å². The Morgan fingerprint density at radius 2 is 2.14 bits per heavy atom. The first kappa shape index (κ1) is 14.7. The zero-order valence-corrected chi connectivity index (χ0v) is 13.3. The Labute approximate surface area is 131 Å². The first-order valence-corrected chi connectivity index (χ1v) is 8.02. The Morgan fingerprint density at radius 1 is 1.33 bits per heavy atom. The number of fused-ring (bicyclic) bond motifs is 1. The smallest absolute Gasteiger partial charge is 0.139 e. The van der Waals surface area contributed by atoms with Gasteiger partial charge in [0.1, 0.15) is 11.6 Å². The maximum absolute atomic E-state index is 13.6. The van der Waals surface area contributed by atoms with Gasteiger partial charge in [0.15, 0.2) is 0 Å². The van der Waals surface area contributed by atoms with Gasteiger partial charge in [-0.2, -0.15) is 0 Å². The van der Waals surface area contributed by atoms with Crippen LogP contribution in [0, 0.1) is 11.2 Å². The average Bonchev–Trinajstić information content (AvgIpc) is 2.43. The molecule has 0 unspecified atom stereocenters. The molecule has 0 saturated heterocycles. The van der Waals surface area contributed by atoms with Crippen LogP contribution in [0.15, 0.2) is 28.7 Å². The Kier molecular flexibility index (Phi) is 4.13. The highest BCUT2D eigenvalue weighted by Gasteiger charge is 2.36. The van der Waals surface area contributed by atoms with Crippen LogP contribution in [-0.2, 0) is 0 Å². The number of rotatable bonds is 5. The van der Waals surface area contributed by atoms with E-state index in [9.17, 15) is 9.50 Å². The summed E-state index contributed by atoms with van der Waals surface area (Å²) in [5, 5.41) is 13.4. The number of aromatic nitrogens is 1. The summed E-state index contributed by atoms with van der Waals surface area (Å²) in [4.78, 5) is 4.46. The van der Waals surface area contributed by atoms with Gasteiger partial charge in [-0.3, -0.25) is 0 Å². The molecule has 3 nitrogen and oxygen atoms in total. The molecule has 1 saturated carbocycles. The van der Waals surface area contributed by atoms with Gasteiger partial charge in [-0.25, -0.2) is 9.37 Å². The predicted octanol–water partition coefficient (Wildman–Crippen LogP) is 4.10. The van der Waals surface area contributed by atoms with Gasteiger partial charge in [0.25, 0.3) is 0 Å². The van der Waals surface area contributed by atoms with E-state index >= 15 is 0 Å². The van der Waals surface area contributed by atoms with Gasteiger partial charge in [-0.15, -0.1) is 0 Å².